The van der Waals surface area contributed by atoms with Crippen LogP contribution in [0.25, 0.3) is 22.2 Å². The van der Waals surface area contributed by atoms with Gasteiger partial charge in [0.1, 0.15) is 30.1 Å². The second kappa shape index (κ2) is 9.91. The van der Waals surface area contributed by atoms with E-state index >= 15 is 0 Å². The van der Waals surface area contributed by atoms with Gasteiger partial charge in [0.05, 0.1) is 5.39 Å². The van der Waals surface area contributed by atoms with Gasteiger partial charge in [0, 0.05) is 48.9 Å². The van der Waals surface area contributed by atoms with E-state index in [2.05, 4.69) is 61.7 Å². The lowest BCUT2D eigenvalue weighted by molar-refractivity contribution is 0.137. The Morgan fingerprint density at radius 2 is 1.83 bits per heavy atom. The summed E-state index contributed by atoms with van der Waals surface area (Å²) >= 11 is 2.07. The fourth-order valence-electron chi connectivity index (χ4n) is 5.33. The van der Waals surface area contributed by atoms with Crippen molar-refractivity contribution in [1.82, 2.24) is 19.4 Å². The van der Waals surface area contributed by atoms with Crippen LogP contribution in [0.3, 0.4) is 0 Å². The molecule has 0 atom stereocenters. The minimum Gasteiger partial charge on any atom is -0.489 e. The number of fused-ring (bicyclic) bond motifs is 1. The van der Waals surface area contributed by atoms with Gasteiger partial charge in [-0.25, -0.2) is 9.97 Å². The molecule has 2 fully saturated rings. The molecule has 2 aromatic heterocycles. The highest BCUT2D eigenvalue weighted by Gasteiger charge is 2.33. The van der Waals surface area contributed by atoms with Crippen LogP contribution in [0.1, 0.15) is 24.4 Å². The monoisotopic (exact) mass is 485 g/mol. The van der Waals surface area contributed by atoms with Crippen molar-refractivity contribution in [3.05, 3.63) is 72.7 Å². The van der Waals surface area contributed by atoms with Crippen LogP contribution >= 0.6 is 11.8 Å². The average Bonchev–Trinajstić information content (AvgIpc) is 3.27. The van der Waals surface area contributed by atoms with Crippen molar-refractivity contribution in [1.29, 1.82) is 0 Å². The van der Waals surface area contributed by atoms with Crippen LogP contribution in [0.4, 0.5) is 5.82 Å². The SMILES string of the molecule is Nc1ncnc2c1c(-c1cccc(OCc3ccccc3)c1)cn2C1CC(CN2CCSCC2)C1. The molecule has 180 valence electrons. The maximum atomic E-state index is 6.39. The number of thioether (sulfide) groups is 1. The highest BCUT2D eigenvalue weighted by Crippen LogP contribution is 2.43. The number of nitrogens with two attached hydrogens (primary N) is 1. The molecule has 2 aliphatic rings. The van der Waals surface area contributed by atoms with Crippen LogP contribution in [0, 0.1) is 5.92 Å². The molecule has 0 spiro atoms. The van der Waals surface area contributed by atoms with Gasteiger partial charge in [-0.2, -0.15) is 11.8 Å². The molecule has 1 saturated carbocycles. The topological polar surface area (TPSA) is 69.2 Å². The molecule has 2 aromatic carbocycles. The van der Waals surface area contributed by atoms with Crippen LogP contribution in [0.15, 0.2) is 67.1 Å². The zero-order valence-corrected chi connectivity index (χ0v) is 20.7. The van der Waals surface area contributed by atoms with E-state index < -0.39 is 0 Å². The van der Waals surface area contributed by atoms with Crippen molar-refractivity contribution >= 4 is 28.6 Å². The second-order valence-corrected chi connectivity index (χ2v) is 10.8. The van der Waals surface area contributed by atoms with E-state index in [1.165, 1.54) is 44.0 Å². The molecule has 7 heteroatoms. The minimum absolute atomic E-state index is 0.460. The summed E-state index contributed by atoms with van der Waals surface area (Å²) in [5, 5.41) is 0.934. The molecule has 6 nitrogen and oxygen atoms in total. The normalized spacial score (nSPS) is 20.6. The zero-order valence-electron chi connectivity index (χ0n) is 19.8. The van der Waals surface area contributed by atoms with E-state index in [0.717, 1.165) is 39.4 Å². The van der Waals surface area contributed by atoms with Crippen molar-refractivity contribution in [2.45, 2.75) is 25.5 Å². The van der Waals surface area contributed by atoms with Gasteiger partial charge in [-0.15, -0.1) is 0 Å². The lowest BCUT2D eigenvalue weighted by Crippen LogP contribution is -2.40. The van der Waals surface area contributed by atoms with Crippen molar-refractivity contribution in [2.24, 2.45) is 5.92 Å². The fourth-order valence-corrected chi connectivity index (χ4v) is 6.30. The summed E-state index contributed by atoms with van der Waals surface area (Å²) in [6.45, 7) is 4.22. The molecule has 6 rings (SSSR count). The Hall–Kier alpha value is -3.03. The summed E-state index contributed by atoms with van der Waals surface area (Å²) in [7, 11) is 0. The largest absolute Gasteiger partial charge is 0.489 e. The molecule has 35 heavy (non-hydrogen) atoms. The highest BCUT2D eigenvalue weighted by atomic mass is 32.2. The van der Waals surface area contributed by atoms with Gasteiger partial charge in [-0.3, -0.25) is 0 Å². The van der Waals surface area contributed by atoms with E-state index in [-0.39, 0.29) is 0 Å². The second-order valence-electron chi connectivity index (χ2n) is 9.61. The predicted octanol–water partition coefficient (Wildman–Crippen LogP) is 5.26. The van der Waals surface area contributed by atoms with Crippen molar-refractivity contribution < 1.29 is 4.74 Å². The number of nitrogens with zero attached hydrogens (tertiary/aromatic N) is 4. The van der Waals surface area contributed by atoms with Crippen LogP contribution in [-0.2, 0) is 6.61 Å². The van der Waals surface area contributed by atoms with Crippen LogP contribution in [0.2, 0.25) is 0 Å². The summed E-state index contributed by atoms with van der Waals surface area (Å²) in [5.74, 6) is 4.67. The lowest BCUT2D eigenvalue weighted by atomic mass is 9.79. The molecule has 0 bridgehead atoms. The van der Waals surface area contributed by atoms with Crippen molar-refractivity contribution in [3.63, 3.8) is 0 Å². The molecule has 1 aliphatic carbocycles. The fraction of sp³-hybridized carbons (Fsp3) is 0.357. The molecular formula is C28H31N5OS. The first-order chi connectivity index (χ1) is 17.2. The van der Waals surface area contributed by atoms with E-state index in [1.807, 2.05) is 30.3 Å². The van der Waals surface area contributed by atoms with Crippen LogP contribution in [0.5, 0.6) is 5.75 Å². The third-order valence-corrected chi connectivity index (χ3v) is 8.20. The van der Waals surface area contributed by atoms with E-state index in [0.29, 0.717) is 18.5 Å². The molecule has 4 aromatic rings. The first-order valence-electron chi connectivity index (χ1n) is 12.4. The Labute approximate surface area is 210 Å². The van der Waals surface area contributed by atoms with Gasteiger partial charge in [0.15, 0.2) is 0 Å². The summed E-state index contributed by atoms with van der Waals surface area (Å²) in [6.07, 6.45) is 6.19. The Bertz CT molecular complexity index is 1300. The molecule has 0 radical (unpaired) electrons. The molecule has 0 unspecified atom stereocenters. The summed E-state index contributed by atoms with van der Waals surface area (Å²) < 4.78 is 8.43. The number of nitrogen functional groups attached to an aromatic ring is 1. The minimum atomic E-state index is 0.460. The van der Waals surface area contributed by atoms with Gasteiger partial charge in [0.2, 0.25) is 0 Å². The first kappa shape index (κ1) is 22.4. The van der Waals surface area contributed by atoms with Gasteiger partial charge in [-0.1, -0.05) is 42.5 Å². The molecule has 1 saturated heterocycles. The Kier molecular flexibility index (Phi) is 6.35. The quantitative estimate of drug-likeness (QED) is 0.385. The zero-order chi connectivity index (χ0) is 23.6. The number of hydrogen-bond donors (Lipinski definition) is 1. The smallest absolute Gasteiger partial charge is 0.146 e. The third kappa shape index (κ3) is 4.75. The molecule has 2 N–H and O–H groups in total. The molecule has 3 heterocycles. The number of anilines is 1. The Morgan fingerprint density at radius 3 is 2.66 bits per heavy atom. The molecular weight excluding hydrogens is 454 g/mol. The number of ether oxygens (including phenoxy) is 1. The van der Waals surface area contributed by atoms with Gasteiger partial charge in [-0.05, 0) is 42.0 Å². The number of rotatable bonds is 7. The number of benzene rings is 2. The van der Waals surface area contributed by atoms with Gasteiger partial charge < -0.3 is 19.9 Å². The molecule has 1 aliphatic heterocycles. The number of hydrogen-bond acceptors (Lipinski definition) is 6. The van der Waals surface area contributed by atoms with Crippen LogP contribution < -0.4 is 10.5 Å². The highest BCUT2D eigenvalue weighted by molar-refractivity contribution is 7.99. The maximum Gasteiger partial charge on any atom is 0.146 e. The predicted molar refractivity (Wildman–Crippen MR) is 144 cm³/mol. The number of aromatic nitrogens is 3. The first-order valence-corrected chi connectivity index (χ1v) is 13.6. The summed E-state index contributed by atoms with van der Waals surface area (Å²) in [6, 6.07) is 18.9. The Morgan fingerprint density at radius 1 is 1.00 bits per heavy atom. The Balaban J connectivity index is 1.23. The van der Waals surface area contributed by atoms with Crippen molar-refractivity contribution in [2.75, 3.05) is 36.9 Å². The van der Waals surface area contributed by atoms with Crippen LogP contribution in [-0.4, -0.2) is 50.6 Å². The maximum absolute atomic E-state index is 6.39. The van der Waals surface area contributed by atoms with E-state index in [4.69, 9.17) is 10.5 Å². The summed E-state index contributed by atoms with van der Waals surface area (Å²) in [5.41, 5.74) is 10.6. The molecule has 0 amide bonds. The average molecular weight is 486 g/mol. The summed E-state index contributed by atoms with van der Waals surface area (Å²) in [4.78, 5) is 11.6. The van der Waals surface area contributed by atoms with Crippen molar-refractivity contribution in [3.8, 4) is 16.9 Å². The van der Waals surface area contributed by atoms with E-state index in [9.17, 15) is 0 Å². The standard InChI is InChI=1S/C28H31N5OS/c29-27-26-25(22-7-4-8-24(15-22)34-18-20-5-2-1-3-6-20)17-33(28(26)31-19-30-27)23-13-21(14-23)16-32-9-11-35-12-10-32/h1-8,15,17,19,21,23H,9-14,16,18H2,(H2,29,30,31). The van der Waals surface area contributed by atoms with E-state index in [1.54, 1.807) is 6.33 Å². The van der Waals surface area contributed by atoms with Gasteiger partial charge >= 0.3 is 0 Å². The third-order valence-electron chi connectivity index (χ3n) is 7.26. The van der Waals surface area contributed by atoms with Gasteiger partial charge in [0.25, 0.3) is 0 Å². The lowest BCUT2D eigenvalue weighted by Gasteiger charge is -2.40.